The van der Waals surface area contributed by atoms with E-state index in [-0.39, 0.29) is 0 Å². The maximum Gasteiger partial charge on any atom is 0.162 e. The Kier molecular flexibility index (Phi) is 3.95. The molecule has 2 rings (SSSR count). The molecule has 102 valence electrons. The third-order valence-corrected chi connectivity index (χ3v) is 4.00. The molecule has 4 nitrogen and oxygen atoms in total. The molecule has 0 saturated heterocycles. The van der Waals surface area contributed by atoms with E-state index in [0.717, 1.165) is 50.1 Å². The molecule has 1 aromatic rings. The Bertz CT molecular complexity index is 392. The van der Waals surface area contributed by atoms with E-state index in [4.69, 9.17) is 4.74 Å². The number of aromatic nitrogens is 2. The van der Waals surface area contributed by atoms with Crippen LogP contribution in [0.25, 0.3) is 0 Å². The second-order valence-electron chi connectivity index (χ2n) is 5.50. The number of aliphatic hydroxyl groups is 1. The summed E-state index contributed by atoms with van der Waals surface area (Å²) in [6, 6.07) is 0. The van der Waals surface area contributed by atoms with Crippen LogP contribution in [0.2, 0.25) is 0 Å². The average molecular weight is 252 g/mol. The molecule has 0 atom stereocenters. The highest BCUT2D eigenvalue weighted by molar-refractivity contribution is 5.31. The first-order chi connectivity index (χ1) is 8.60. The van der Waals surface area contributed by atoms with Crippen LogP contribution in [-0.2, 0) is 12.1 Å². The zero-order chi connectivity index (χ0) is 13.2. The molecule has 0 aromatic carbocycles. The maximum absolute atomic E-state index is 10.9. The Morgan fingerprint density at radius 3 is 2.72 bits per heavy atom. The predicted molar refractivity (Wildman–Crippen MR) is 70.6 cm³/mol. The van der Waals surface area contributed by atoms with Gasteiger partial charge < -0.3 is 9.84 Å². The highest BCUT2D eigenvalue weighted by atomic mass is 16.5. The summed E-state index contributed by atoms with van der Waals surface area (Å²) in [5, 5.41) is 15.3. The minimum Gasteiger partial charge on any atom is -0.493 e. The molecule has 1 saturated carbocycles. The van der Waals surface area contributed by atoms with Crippen molar-refractivity contribution in [1.82, 2.24) is 9.78 Å². The molecule has 4 heteroatoms. The zero-order valence-electron chi connectivity index (χ0n) is 11.6. The van der Waals surface area contributed by atoms with Gasteiger partial charge in [-0.25, -0.2) is 0 Å². The highest BCUT2D eigenvalue weighted by Gasteiger charge is 2.38. The van der Waals surface area contributed by atoms with E-state index in [1.807, 2.05) is 4.68 Å². The van der Waals surface area contributed by atoms with Crippen LogP contribution in [0, 0.1) is 5.92 Å². The van der Waals surface area contributed by atoms with Gasteiger partial charge in [0, 0.05) is 6.54 Å². The predicted octanol–water partition coefficient (Wildman–Crippen LogP) is 2.70. The van der Waals surface area contributed by atoms with Crippen molar-refractivity contribution in [2.45, 2.75) is 58.1 Å². The molecule has 0 radical (unpaired) electrons. The summed E-state index contributed by atoms with van der Waals surface area (Å²) >= 11 is 0. The molecular weight excluding hydrogens is 228 g/mol. The van der Waals surface area contributed by atoms with Crippen molar-refractivity contribution in [2.75, 3.05) is 7.11 Å². The first-order valence-corrected chi connectivity index (χ1v) is 6.93. The van der Waals surface area contributed by atoms with E-state index >= 15 is 0 Å². The number of nitrogens with zero attached hydrogens (tertiary/aromatic N) is 2. The van der Waals surface area contributed by atoms with Gasteiger partial charge in [-0.3, -0.25) is 4.68 Å². The smallest absolute Gasteiger partial charge is 0.162 e. The number of methoxy groups -OCH3 is 1. The highest BCUT2D eigenvalue weighted by Crippen LogP contribution is 2.42. The van der Waals surface area contributed by atoms with Crippen LogP contribution in [0.1, 0.15) is 51.6 Å². The lowest BCUT2D eigenvalue weighted by Crippen LogP contribution is -2.34. The molecule has 1 fully saturated rings. The first kappa shape index (κ1) is 13.4. The van der Waals surface area contributed by atoms with Crippen molar-refractivity contribution >= 4 is 0 Å². The lowest BCUT2D eigenvalue weighted by atomic mass is 9.77. The Morgan fingerprint density at radius 2 is 2.17 bits per heavy atom. The van der Waals surface area contributed by atoms with Gasteiger partial charge in [-0.2, -0.15) is 5.10 Å². The molecule has 18 heavy (non-hydrogen) atoms. The van der Waals surface area contributed by atoms with Gasteiger partial charge in [0.05, 0.1) is 13.3 Å². The second-order valence-corrected chi connectivity index (χ2v) is 5.50. The van der Waals surface area contributed by atoms with Gasteiger partial charge in [0.1, 0.15) is 11.3 Å². The second kappa shape index (κ2) is 5.31. The lowest BCUT2D eigenvalue weighted by Gasteiger charge is -2.35. The minimum atomic E-state index is -0.760. The van der Waals surface area contributed by atoms with Crippen molar-refractivity contribution in [1.29, 1.82) is 0 Å². The normalized spacial score (nSPS) is 28.3. The molecule has 0 spiro atoms. The number of ether oxygens (including phenoxy) is 1. The zero-order valence-corrected chi connectivity index (χ0v) is 11.6. The number of aryl methyl sites for hydroxylation is 1. The molecule has 1 aliphatic rings. The summed E-state index contributed by atoms with van der Waals surface area (Å²) in [6.07, 6.45) is 6.47. The van der Waals surface area contributed by atoms with Crippen LogP contribution in [0.4, 0.5) is 0 Å². The molecule has 1 aromatic heterocycles. The van der Waals surface area contributed by atoms with Gasteiger partial charge >= 0.3 is 0 Å². The van der Waals surface area contributed by atoms with Gasteiger partial charge in [0.2, 0.25) is 0 Å². The monoisotopic (exact) mass is 252 g/mol. The van der Waals surface area contributed by atoms with E-state index in [0.29, 0.717) is 5.92 Å². The lowest BCUT2D eigenvalue weighted by molar-refractivity contribution is -0.0215. The SMILES string of the molecule is CCCn1ncc(OC)c1C1(O)CCC(C)CC1. The summed E-state index contributed by atoms with van der Waals surface area (Å²) in [5.41, 5.74) is 0.113. The van der Waals surface area contributed by atoms with Crippen LogP contribution in [0.3, 0.4) is 0 Å². The summed E-state index contributed by atoms with van der Waals surface area (Å²) < 4.78 is 7.29. The number of hydrogen-bond donors (Lipinski definition) is 1. The topological polar surface area (TPSA) is 47.3 Å². The maximum atomic E-state index is 10.9. The van der Waals surface area contributed by atoms with Crippen LogP contribution in [0.15, 0.2) is 6.20 Å². The molecule has 0 aliphatic heterocycles. The van der Waals surface area contributed by atoms with Crippen molar-refractivity contribution < 1.29 is 9.84 Å². The fraction of sp³-hybridized carbons (Fsp3) is 0.786. The number of rotatable bonds is 4. The van der Waals surface area contributed by atoms with E-state index in [9.17, 15) is 5.11 Å². The van der Waals surface area contributed by atoms with Gasteiger partial charge in [-0.05, 0) is 38.0 Å². The van der Waals surface area contributed by atoms with Crippen LogP contribution in [-0.4, -0.2) is 22.0 Å². The van der Waals surface area contributed by atoms with E-state index < -0.39 is 5.60 Å². The molecule has 0 unspecified atom stereocenters. The average Bonchev–Trinajstić information content (AvgIpc) is 2.77. The molecule has 1 heterocycles. The molecule has 1 aliphatic carbocycles. The first-order valence-electron chi connectivity index (χ1n) is 6.93. The molecule has 0 amide bonds. The quantitative estimate of drug-likeness (QED) is 0.896. The third-order valence-electron chi connectivity index (χ3n) is 4.00. The van der Waals surface area contributed by atoms with Crippen molar-refractivity contribution in [3.05, 3.63) is 11.9 Å². The minimum absolute atomic E-state index is 0.707. The fourth-order valence-electron chi connectivity index (χ4n) is 2.84. The Labute approximate surface area is 109 Å². The fourth-order valence-corrected chi connectivity index (χ4v) is 2.84. The van der Waals surface area contributed by atoms with E-state index in [1.54, 1.807) is 13.3 Å². The number of hydrogen-bond acceptors (Lipinski definition) is 3. The molecule has 0 bridgehead atoms. The van der Waals surface area contributed by atoms with Gasteiger partial charge in [-0.1, -0.05) is 13.8 Å². The van der Waals surface area contributed by atoms with Crippen LogP contribution in [0.5, 0.6) is 5.75 Å². The van der Waals surface area contributed by atoms with Gasteiger partial charge in [0.25, 0.3) is 0 Å². The van der Waals surface area contributed by atoms with Crippen LogP contribution >= 0.6 is 0 Å². The Hall–Kier alpha value is -1.03. The Morgan fingerprint density at radius 1 is 1.50 bits per heavy atom. The Balaban J connectivity index is 2.32. The van der Waals surface area contributed by atoms with Crippen molar-refractivity contribution in [3.63, 3.8) is 0 Å². The molecule has 1 N–H and O–H groups in total. The third kappa shape index (κ3) is 2.39. The summed E-state index contributed by atoms with van der Waals surface area (Å²) in [7, 11) is 1.64. The van der Waals surface area contributed by atoms with Gasteiger partial charge in [-0.15, -0.1) is 0 Å². The van der Waals surface area contributed by atoms with Crippen molar-refractivity contribution in [2.24, 2.45) is 5.92 Å². The summed E-state index contributed by atoms with van der Waals surface area (Å²) in [6.45, 7) is 5.20. The van der Waals surface area contributed by atoms with Crippen LogP contribution < -0.4 is 4.74 Å². The molecular formula is C14H24N2O2. The van der Waals surface area contributed by atoms with E-state index in [2.05, 4.69) is 18.9 Å². The summed E-state index contributed by atoms with van der Waals surface area (Å²) in [4.78, 5) is 0. The standard InChI is InChI=1S/C14H24N2O2/c1-4-9-16-13(12(18-3)10-15-16)14(17)7-5-11(2)6-8-14/h10-11,17H,4-9H2,1-3H3. The van der Waals surface area contributed by atoms with E-state index in [1.165, 1.54) is 0 Å². The van der Waals surface area contributed by atoms with Gasteiger partial charge in [0.15, 0.2) is 5.75 Å². The largest absolute Gasteiger partial charge is 0.493 e. The summed E-state index contributed by atoms with van der Waals surface area (Å²) in [5.74, 6) is 1.43. The van der Waals surface area contributed by atoms with Crippen molar-refractivity contribution in [3.8, 4) is 5.75 Å².